The van der Waals surface area contributed by atoms with E-state index in [9.17, 15) is 9.59 Å². The number of hydrogen-bond acceptors (Lipinski definition) is 5. The number of fused-ring (bicyclic) bond motifs is 1. The van der Waals surface area contributed by atoms with E-state index in [0.29, 0.717) is 42.3 Å². The second-order valence-corrected chi connectivity index (χ2v) is 8.58. The van der Waals surface area contributed by atoms with Crippen molar-refractivity contribution in [2.45, 2.75) is 38.0 Å². The SMILES string of the molecule is COc1ccc(CNC(=O)C2CCC3O/C(=C\c4ccccc4Cl)C(=O)NC3C2)c(OC)c1. The molecular weight excluding hydrogens is 444 g/mol. The standard InChI is InChI=1S/C25H27ClN2O5/c1-31-18-9-7-17(22(13-18)32-2)14-27-24(29)16-8-10-21-20(11-16)28-25(30)23(33-21)12-15-5-3-4-6-19(15)26/h3-7,9,12-13,16,20-21H,8,10-11,14H2,1-2H3,(H,27,29)(H,28,30)/b23-12-. The molecule has 2 N–H and O–H groups in total. The van der Waals surface area contributed by atoms with Gasteiger partial charge in [0.15, 0.2) is 5.76 Å². The molecule has 2 fully saturated rings. The van der Waals surface area contributed by atoms with Gasteiger partial charge < -0.3 is 24.8 Å². The number of benzene rings is 2. The van der Waals surface area contributed by atoms with Gasteiger partial charge in [0.2, 0.25) is 5.91 Å². The number of nitrogens with one attached hydrogen (secondary N) is 2. The van der Waals surface area contributed by atoms with Gasteiger partial charge in [-0.3, -0.25) is 9.59 Å². The van der Waals surface area contributed by atoms with Crippen molar-refractivity contribution >= 4 is 29.5 Å². The number of halogens is 1. The predicted octanol–water partition coefficient (Wildman–Crippen LogP) is 3.70. The molecule has 1 saturated carbocycles. The Morgan fingerprint density at radius 3 is 2.79 bits per heavy atom. The summed E-state index contributed by atoms with van der Waals surface area (Å²) in [7, 11) is 3.18. The van der Waals surface area contributed by atoms with Crippen LogP contribution in [0.3, 0.4) is 0 Å². The lowest BCUT2D eigenvalue weighted by Gasteiger charge is -2.39. The summed E-state index contributed by atoms with van der Waals surface area (Å²) in [6.07, 6.45) is 3.38. The highest BCUT2D eigenvalue weighted by molar-refractivity contribution is 6.32. The molecule has 1 heterocycles. The molecule has 1 aliphatic heterocycles. The van der Waals surface area contributed by atoms with Gasteiger partial charge in [0.25, 0.3) is 5.91 Å². The zero-order valence-corrected chi connectivity index (χ0v) is 19.4. The molecule has 2 amide bonds. The van der Waals surface area contributed by atoms with Crippen LogP contribution in [0.15, 0.2) is 48.2 Å². The molecule has 3 atom stereocenters. The van der Waals surface area contributed by atoms with E-state index in [0.717, 1.165) is 11.1 Å². The third kappa shape index (κ3) is 5.25. The van der Waals surface area contributed by atoms with Gasteiger partial charge >= 0.3 is 0 Å². The van der Waals surface area contributed by atoms with Crippen molar-refractivity contribution in [1.29, 1.82) is 0 Å². The molecule has 33 heavy (non-hydrogen) atoms. The Morgan fingerprint density at radius 1 is 1.21 bits per heavy atom. The van der Waals surface area contributed by atoms with Crippen molar-refractivity contribution < 1.29 is 23.8 Å². The molecule has 0 aromatic heterocycles. The Labute approximate surface area is 198 Å². The van der Waals surface area contributed by atoms with E-state index in [-0.39, 0.29) is 35.6 Å². The maximum atomic E-state index is 12.8. The lowest BCUT2D eigenvalue weighted by molar-refractivity contribution is -0.134. The molecule has 2 aromatic carbocycles. The fourth-order valence-corrected chi connectivity index (χ4v) is 4.48. The van der Waals surface area contributed by atoms with Crippen molar-refractivity contribution in [1.82, 2.24) is 10.6 Å². The third-order valence-corrected chi connectivity index (χ3v) is 6.46. The van der Waals surface area contributed by atoms with E-state index in [1.807, 2.05) is 30.3 Å². The maximum Gasteiger partial charge on any atom is 0.286 e. The molecule has 8 heteroatoms. The lowest BCUT2D eigenvalue weighted by Crippen LogP contribution is -2.54. The van der Waals surface area contributed by atoms with Gasteiger partial charge in [-0.25, -0.2) is 0 Å². The quantitative estimate of drug-likeness (QED) is 0.629. The first-order valence-corrected chi connectivity index (χ1v) is 11.3. The van der Waals surface area contributed by atoms with Crippen molar-refractivity contribution in [3.05, 3.63) is 64.4 Å². The van der Waals surface area contributed by atoms with Crippen LogP contribution in [-0.2, 0) is 20.9 Å². The Balaban J connectivity index is 1.35. The summed E-state index contributed by atoms with van der Waals surface area (Å²) >= 11 is 6.20. The number of rotatable bonds is 6. The topological polar surface area (TPSA) is 85.9 Å². The van der Waals surface area contributed by atoms with E-state index < -0.39 is 0 Å². The van der Waals surface area contributed by atoms with Crippen LogP contribution >= 0.6 is 11.6 Å². The summed E-state index contributed by atoms with van der Waals surface area (Å²) in [6.45, 7) is 0.351. The predicted molar refractivity (Wildman–Crippen MR) is 125 cm³/mol. The Kier molecular flexibility index (Phi) is 7.08. The highest BCUT2D eigenvalue weighted by Crippen LogP contribution is 2.32. The normalized spacial score (nSPS) is 23.2. The second kappa shape index (κ2) is 10.2. The van der Waals surface area contributed by atoms with Crippen molar-refractivity contribution in [3.63, 3.8) is 0 Å². The second-order valence-electron chi connectivity index (χ2n) is 8.17. The maximum absolute atomic E-state index is 12.8. The number of morpholine rings is 1. The van der Waals surface area contributed by atoms with Gasteiger partial charge in [0, 0.05) is 29.1 Å². The first kappa shape index (κ1) is 23.0. The van der Waals surface area contributed by atoms with Crippen molar-refractivity contribution in [3.8, 4) is 11.5 Å². The molecule has 1 aliphatic carbocycles. The van der Waals surface area contributed by atoms with E-state index in [2.05, 4.69) is 10.6 Å². The van der Waals surface area contributed by atoms with Crippen molar-refractivity contribution in [2.24, 2.45) is 5.92 Å². The third-order valence-electron chi connectivity index (χ3n) is 6.12. The molecule has 7 nitrogen and oxygen atoms in total. The summed E-state index contributed by atoms with van der Waals surface area (Å²) < 4.78 is 16.6. The number of ether oxygens (including phenoxy) is 3. The summed E-state index contributed by atoms with van der Waals surface area (Å²) in [5, 5.41) is 6.56. The fourth-order valence-electron chi connectivity index (χ4n) is 4.29. The summed E-state index contributed by atoms with van der Waals surface area (Å²) in [4.78, 5) is 25.4. The van der Waals surface area contributed by atoms with Crippen LogP contribution in [0.4, 0.5) is 0 Å². The molecule has 0 radical (unpaired) electrons. The molecule has 4 rings (SSSR count). The zero-order chi connectivity index (χ0) is 23.4. The van der Waals surface area contributed by atoms with Gasteiger partial charge in [-0.2, -0.15) is 0 Å². The molecule has 0 spiro atoms. The molecule has 2 aromatic rings. The van der Waals surface area contributed by atoms with Gasteiger partial charge in [-0.1, -0.05) is 29.8 Å². The minimum absolute atomic E-state index is 0.0435. The number of carbonyl (C=O) groups excluding carboxylic acids is 2. The Morgan fingerprint density at radius 2 is 2.03 bits per heavy atom. The first-order chi connectivity index (χ1) is 16.0. The van der Waals surface area contributed by atoms with Crippen LogP contribution in [0.2, 0.25) is 5.02 Å². The van der Waals surface area contributed by atoms with Crippen LogP contribution in [-0.4, -0.2) is 38.2 Å². The van der Waals surface area contributed by atoms with Gasteiger partial charge in [-0.05, 0) is 49.1 Å². The Bertz CT molecular complexity index is 1070. The van der Waals surface area contributed by atoms with Crippen LogP contribution in [0.5, 0.6) is 11.5 Å². The van der Waals surface area contributed by atoms with E-state index in [1.165, 1.54) is 0 Å². The highest BCUT2D eigenvalue weighted by Gasteiger charge is 2.40. The molecule has 2 aliphatic rings. The minimum atomic E-state index is -0.291. The largest absolute Gasteiger partial charge is 0.497 e. The van der Waals surface area contributed by atoms with Crippen LogP contribution in [0, 0.1) is 5.92 Å². The van der Waals surface area contributed by atoms with Crippen molar-refractivity contribution in [2.75, 3.05) is 14.2 Å². The smallest absolute Gasteiger partial charge is 0.286 e. The Hall–Kier alpha value is -3.19. The molecular formula is C25H27ClN2O5. The average Bonchev–Trinajstić information content (AvgIpc) is 2.83. The van der Waals surface area contributed by atoms with E-state index >= 15 is 0 Å². The summed E-state index contributed by atoms with van der Waals surface area (Å²) in [5.41, 5.74) is 1.59. The number of methoxy groups -OCH3 is 2. The highest BCUT2D eigenvalue weighted by atomic mass is 35.5. The minimum Gasteiger partial charge on any atom is -0.497 e. The summed E-state index contributed by atoms with van der Waals surface area (Å²) in [5.74, 6) is 1.06. The monoisotopic (exact) mass is 470 g/mol. The molecule has 1 saturated heterocycles. The number of amides is 2. The lowest BCUT2D eigenvalue weighted by atomic mass is 9.82. The van der Waals surface area contributed by atoms with Crippen LogP contribution in [0.1, 0.15) is 30.4 Å². The van der Waals surface area contributed by atoms with E-state index in [4.69, 9.17) is 25.8 Å². The molecule has 174 valence electrons. The number of carbonyl (C=O) groups is 2. The van der Waals surface area contributed by atoms with Crippen LogP contribution in [0.25, 0.3) is 6.08 Å². The van der Waals surface area contributed by atoms with Gasteiger partial charge in [0.1, 0.15) is 17.6 Å². The first-order valence-electron chi connectivity index (χ1n) is 10.9. The molecule has 0 bridgehead atoms. The fraction of sp³-hybridized carbons (Fsp3) is 0.360. The summed E-state index contributed by atoms with van der Waals surface area (Å²) in [6, 6.07) is 12.6. The number of hydrogen-bond donors (Lipinski definition) is 2. The van der Waals surface area contributed by atoms with Crippen LogP contribution < -0.4 is 20.1 Å². The molecule has 3 unspecified atom stereocenters. The zero-order valence-electron chi connectivity index (χ0n) is 18.6. The average molecular weight is 471 g/mol. The van der Waals surface area contributed by atoms with Gasteiger partial charge in [-0.15, -0.1) is 0 Å². The van der Waals surface area contributed by atoms with E-state index in [1.54, 1.807) is 32.4 Å². The van der Waals surface area contributed by atoms with Gasteiger partial charge in [0.05, 0.1) is 20.3 Å².